The monoisotopic (exact) mass is 391 g/mol. The topological polar surface area (TPSA) is 60.5 Å². The van der Waals surface area contributed by atoms with Crippen molar-refractivity contribution in [2.75, 3.05) is 18.5 Å². The van der Waals surface area contributed by atoms with E-state index in [2.05, 4.69) is 20.6 Å². The van der Waals surface area contributed by atoms with Crippen molar-refractivity contribution in [3.05, 3.63) is 11.1 Å². The van der Waals surface area contributed by atoms with Crippen molar-refractivity contribution in [2.45, 2.75) is 89.3 Å². The second-order valence-electron chi connectivity index (χ2n) is 8.27. The maximum Gasteiger partial charge on any atom is 0.235 e. The Hall–Kier alpha value is -1.18. The molecule has 1 aromatic rings. The Balaban J connectivity index is 1.33. The smallest absolute Gasteiger partial charge is 0.235 e. The first-order valence-corrected chi connectivity index (χ1v) is 11.6. The van der Waals surface area contributed by atoms with Gasteiger partial charge in [-0.1, -0.05) is 38.5 Å². The van der Waals surface area contributed by atoms with Crippen LogP contribution in [0.15, 0.2) is 6.20 Å². The van der Waals surface area contributed by atoms with Crippen molar-refractivity contribution in [3.63, 3.8) is 0 Å². The molecule has 2 aliphatic carbocycles. The largest absolute Gasteiger partial charge is 0.349 e. The van der Waals surface area contributed by atoms with Gasteiger partial charge in [-0.05, 0) is 25.7 Å². The zero-order chi connectivity index (χ0) is 18.5. The summed E-state index contributed by atoms with van der Waals surface area (Å²) in [5, 5.41) is 6.61. The van der Waals surface area contributed by atoms with Gasteiger partial charge in [0.15, 0.2) is 5.13 Å². The predicted molar refractivity (Wildman–Crippen MR) is 109 cm³/mol. The van der Waals surface area contributed by atoms with Gasteiger partial charge in [0.25, 0.3) is 0 Å². The van der Waals surface area contributed by atoms with Crippen molar-refractivity contribution in [1.29, 1.82) is 0 Å². The molecule has 6 nitrogen and oxygen atoms in total. The molecule has 7 heteroatoms. The van der Waals surface area contributed by atoms with Crippen molar-refractivity contribution < 1.29 is 4.79 Å². The lowest BCUT2D eigenvalue weighted by Crippen LogP contribution is -2.47. The summed E-state index contributed by atoms with van der Waals surface area (Å²) < 4.78 is 0. The van der Waals surface area contributed by atoms with Gasteiger partial charge in [-0.15, -0.1) is 11.3 Å². The number of nitrogens with one attached hydrogen (secondary N) is 2. The number of nitrogens with zero attached hydrogens (tertiary/aromatic N) is 3. The second-order valence-corrected chi connectivity index (χ2v) is 9.39. The number of hydrazine groups is 1. The number of anilines is 1. The van der Waals surface area contributed by atoms with E-state index >= 15 is 0 Å². The van der Waals surface area contributed by atoms with Gasteiger partial charge in [0, 0.05) is 36.1 Å². The number of thiazole rings is 1. The van der Waals surface area contributed by atoms with E-state index < -0.39 is 0 Å². The van der Waals surface area contributed by atoms with Crippen LogP contribution in [0.4, 0.5) is 5.13 Å². The summed E-state index contributed by atoms with van der Waals surface area (Å²) >= 11 is 1.71. The minimum Gasteiger partial charge on any atom is -0.349 e. The third-order valence-corrected chi connectivity index (χ3v) is 7.23. The average Bonchev–Trinajstić information content (AvgIpc) is 3.33. The highest BCUT2D eigenvalue weighted by Gasteiger charge is 2.28. The molecule has 2 saturated carbocycles. The summed E-state index contributed by atoms with van der Waals surface area (Å²) in [6, 6.07) is 1.49. The molecule has 2 heterocycles. The number of carbonyl (C=O) groups is 1. The zero-order valence-corrected chi connectivity index (χ0v) is 17.1. The number of amides is 1. The molecule has 0 bridgehead atoms. The third-order valence-electron chi connectivity index (χ3n) is 6.29. The van der Waals surface area contributed by atoms with E-state index in [4.69, 9.17) is 0 Å². The highest BCUT2D eigenvalue weighted by molar-refractivity contribution is 7.15. The van der Waals surface area contributed by atoms with Crippen molar-refractivity contribution in [2.24, 2.45) is 0 Å². The van der Waals surface area contributed by atoms with Gasteiger partial charge in [0.2, 0.25) is 5.91 Å². The Morgan fingerprint density at radius 2 is 1.78 bits per heavy atom. The van der Waals surface area contributed by atoms with Crippen LogP contribution >= 0.6 is 11.3 Å². The lowest BCUT2D eigenvalue weighted by molar-refractivity contribution is -0.121. The Labute approximate surface area is 166 Å². The molecule has 1 amide bonds. The standard InChI is InChI=1S/C20H33N5OS/c26-19-11-12-24(23-19)14-18-13-21-20(27-18)22-15-25(16-7-3-1-4-8-16)17-9-5-2-6-10-17/h13,16-17H,1-12,14-15H2,(H,21,22)(H,23,26). The molecule has 1 saturated heterocycles. The van der Waals surface area contributed by atoms with E-state index in [0.717, 1.165) is 37.0 Å². The molecule has 0 unspecified atom stereocenters. The fourth-order valence-corrected chi connectivity index (χ4v) is 5.65. The molecule has 4 rings (SSSR count). The van der Waals surface area contributed by atoms with Crippen LogP contribution in [0.2, 0.25) is 0 Å². The minimum atomic E-state index is 0.119. The van der Waals surface area contributed by atoms with Crippen LogP contribution in [0.5, 0.6) is 0 Å². The van der Waals surface area contributed by atoms with E-state index in [9.17, 15) is 4.79 Å². The summed E-state index contributed by atoms with van der Waals surface area (Å²) in [5.41, 5.74) is 2.89. The number of aromatic nitrogens is 1. The summed E-state index contributed by atoms with van der Waals surface area (Å²) in [6.45, 7) is 2.46. The molecular formula is C20H33N5OS. The van der Waals surface area contributed by atoms with Crippen LogP contribution in [0.1, 0.15) is 75.5 Å². The van der Waals surface area contributed by atoms with Crippen LogP contribution in [-0.4, -0.2) is 46.1 Å². The van der Waals surface area contributed by atoms with Crippen LogP contribution in [0, 0.1) is 0 Å². The minimum absolute atomic E-state index is 0.119. The van der Waals surface area contributed by atoms with E-state index in [1.807, 2.05) is 11.2 Å². The molecule has 1 aromatic heterocycles. The third kappa shape index (κ3) is 5.21. The van der Waals surface area contributed by atoms with E-state index in [1.165, 1.54) is 69.1 Å². The Morgan fingerprint density at radius 3 is 2.37 bits per heavy atom. The Kier molecular flexibility index (Phi) is 6.63. The van der Waals surface area contributed by atoms with Crippen LogP contribution in [0.3, 0.4) is 0 Å². The van der Waals surface area contributed by atoms with Gasteiger partial charge in [-0.25, -0.2) is 9.99 Å². The predicted octanol–water partition coefficient (Wildman–Crippen LogP) is 3.72. The lowest BCUT2D eigenvalue weighted by atomic mass is 9.89. The lowest BCUT2D eigenvalue weighted by Gasteiger charge is -2.41. The fourth-order valence-electron chi connectivity index (χ4n) is 4.83. The molecule has 1 aliphatic heterocycles. The van der Waals surface area contributed by atoms with Crippen LogP contribution < -0.4 is 10.7 Å². The fraction of sp³-hybridized carbons (Fsp3) is 0.800. The quantitative estimate of drug-likeness (QED) is 0.694. The summed E-state index contributed by atoms with van der Waals surface area (Å²) in [4.78, 5) is 19.9. The first-order valence-electron chi connectivity index (χ1n) is 10.8. The molecule has 0 atom stereocenters. The zero-order valence-electron chi connectivity index (χ0n) is 16.3. The highest BCUT2D eigenvalue weighted by atomic mass is 32.1. The van der Waals surface area contributed by atoms with Gasteiger partial charge in [-0.3, -0.25) is 15.1 Å². The number of carbonyl (C=O) groups excluding carboxylic acids is 1. The van der Waals surface area contributed by atoms with Gasteiger partial charge < -0.3 is 5.32 Å². The normalized spacial score (nSPS) is 23.1. The van der Waals surface area contributed by atoms with Crippen molar-refractivity contribution in [3.8, 4) is 0 Å². The van der Waals surface area contributed by atoms with E-state index in [-0.39, 0.29) is 5.91 Å². The van der Waals surface area contributed by atoms with Gasteiger partial charge in [0.05, 0.1) is 13.2 Å². The first-order chi connectivity index (χ1) is 13.3. The van der Waals surface area contributed by atoms with Crippen LogP contribution in [-0.2, 0) is 11.3 Å². The van der Waals surface area contributed by atoms with Crippen molar-refractivity contribution >= 4 is 22.4 Å². The molecule has 27 heavy (non-hydrogen) atoms. The molecular weight excluding hydrogens is 358 g/mol. The maximum atomic E-state index is 11.3. The SMILES string of the molecule is O=C1CCN(Cc2cnc(NCN(C3CCCCC3)C3CCCCC3)s2)N1. The second kappa shape index (κ2) is 9.34. The van der Waals surface area contributed by atoms with E-state index in [1.54, 1.807) is 11.3 Å². The maximum absolute atomic E-state index is 11.3. The van der Waals surface area contributed by atoms with Gasteiger partial charge in [-0.2, -0.15) is 0 Å². The summed E-state index contributed by atoms with van der Waals surface area (Å²) in [7, 11) is 0. The van der Waals surface area contributed by atoms with Gasteiger partial charge in [0.1, 0.15) is 0 Å². The molecule has 0 radical (unpaired) electrons. The molecule has 3 aliphatic rings. The number of rotatable bonds is 7. The Morgan fingerprint density at radius 1 is 1.11 bits per heavy atom. The molecule has 0 spiro atoms. The van der Waals surface area contributed by atoms with E-state index in [0.29, 0.717) is 6.42 Å². The molecule has 0 aromatic carbocycles. The van der Waals surface area contributed by atoms with Gasteiger partial charge >= 0.3 is 0 Å². The van der Waals surface area contributed by atoms with Crippen molar-refractivity contribution in [1.82, 2.24) is 20.3 Å². The molecule has 3 fully saturated rings. The molecule has 2 N–H and O–H groups in total. The van der Waals surface area contributed by atoms with Crippen LogP contribution in [0.25, 0.3) is 0 Å². The Bertz CT molecular complexity index is 591. The summed E-state index contributed by atoms with van der Waals surface area (Å²) in [5.74, 6) is 0.119. The average molecular weight is 392 g/mol. The highest BCUT2D eigenvalue weighted by Crippen LogP contribution is 2.30. The molecule has 150 valence electrons. The number of hydrogen-bond acceptors (Lipinski definition) is 6. The first kappa shape index (κ1) is 19.2. The number of hydrogen-bond donors (Lipinski definition) is 2. The summed E-state index contributed by atoms with van der Waals surface area (Å²) in [6.07, 6.45) is 16.3.